The first-order valence-electron chi connectivity index (χ1n) is 4.24. The normalized spacial score (nSPS) is 47.1. The first-order valence-corrected chi connectivity index (χ1v) is 5.15. The van der Waals surface area contributed by atoms with Gasteiger partial charge in [0.2, 0.25) is 0 Å². The van der Waals surface area contributed by atoms with Gasteiger partial charge in [0.1, 0.15) is 0 Å². The number of halogens is 1. The number of nitrogens with one attached hydrogen (secondary N) is 1. The van der Waals surface area contributed by atoms with Crippen molar-refractivity contribution >= 4 is 15.9 Å². The van der Waals surface area contributed by atoms with Crippen molar-refractivity contribution in [3.05, 3.63) is 0 Å². The lowest BCUT2D eigenvalue weighted by Crippen LogP contribution is -2.33. The van der Waals surface area contributed by atoms with Crippen molar-refractivity contribution in [1.82, 2.24) is 5.32 Å². The van der Waals surface area contributed by atoms with E-state index in [-0.39, 0.29) is 0 Å². The third-order valence-electron chi connectivity index (χ3n) is 2.85. The average molecular weight is 204 g/mol. The third-order valence-corrected chi connectivity index (χ3v) is 3.68. The van der Waals surface area contributed by atoms with E-state index in [9.17, 15) is 0 Å². The van der Waals surface area contributed by atoms with Crippen LogP contribution in [-0.4, -0.2) is 17.4 Å². The molecule has 0 amide bonds. The van der Waals surface area contributed by atoms with E-state index in [1.165, 1.54) is 32.2 Å². The summed E-state index contributed by atoms with van der Waals surface area (Å²) >= 11 is 3.68. The highest BCUT2D eigenvalue weighted by molar-refractivity contribution is 9.09. The molecule has 0 spiro atoms. The van der Waals surface area contributed by atoms with E-state index in [1.807, 2.05) is 0 Å². The Kier molecular flexibility index (Phi) is 2.01. The van der Waals surface area contributed by atoms with Gasteiger partial charge in [0, 0.05) is 10.9 Å². The van der Waals surface area contributed by atoms with E-state index >= 15 is 0 Å². The van der Waals surface area contributed by atoms with Crippen LogP contribution in [-0.2, 0) is 0 Å². The summed E-state index contributed by atoms with van der Waals surface area (Å²) in [6.07, 6.45) is 5.60. The highest BCUT2D eigenvalue weighted by Crippen LogP contribution is 2.33. The summed E-state index contributed by atoms with van der Waals surface area (Å²) in [5, 5.41) is 3.56. The van der Waals surface area contributed by atoms with Crippen LogP contribution >= 0.6 is 15.9 Å². The maximum atomic E-state index is 3.68. The minimum atomic E-state index is 0.791. The zero-order valence-corrected chi connectivity index (χ0v) is 7.73. The van der Waals surface area contributed by atoms with Crippen molar-refractivity contribution < 1.29 is 0 Å². The summed E-state index contributed by atoms with van der Waals surface area (Å²) in [5.41, 5.74) is 0. The number of hydrogen-bond acceptors (Lipinski definition) is 1. The van der Waals surface area contributed by atoms with Gasteiger partial charge in [-0.3, -0.25) is 0 Å². The molecular formula is C8H14BrN. The Labute approximate surface area is 70.7 Å². The molecule has 1 aliphatic heterocycles. The molecule has 3 unspecified atom stereocenters. The second kappa shape index (κ2) is 2.82. The Morgan fingerprint density at radius 1 is 1.20 bits per heavy atom. The summed E-state index contributed by atoms with van der Waals surface area (Å²) in [7, 11) is 0. The molecule has 10 heavy (non-hydrogen) atoms. The summed E-state index contributed by atoms with van der Waals surface area (Å²) in [6, 6.07) is 0.845. The van der Waals surface area contributed by atoms with Gasteiger partial charge in [0.05, 0.1) is 0 Å². The summed E-state index contributed by atoms with van der Waals surface area (Å²) < 4.78 is 0. The second-order valence-corrected chi connectivity index (χ2v) is 4.81. The predicted molar refractivity (Wildman–Crippen MR) is 46.5 cm³/mol. The highest BCUT2D eigenvalue weighted by atomic mass is 79.9. The van der Waals surface area contributed by atoms with Crippen molar-refractivity contribution in [3.8, 4) is 0 Å². The van der Waals surface area contributed by atoms with Crippen molar-refractivity contribution in [2.45, 2.75) is 36.6 Å². The van der Waals surface area contributed by atoms with Gasteiger partial charge in [-0.1, -0.05) is 15.9 Å². The van der Waals surface area contributed by atoms with Gasteiger partial charge in [-0.15, -0.1) is 0 Å². The maximum absolute atomic E-state index is 3.68. The van der Waals surface area contributed by atoms with Crippen LogP contribution in [0.2, 0.25) is 0 Å². The Morgan fingerprint density at radius 2 is 2.10 bits per heavy atom. The fraction of sp³-hybridized carbons (Fsp3) is 1.00. The Balaban J connectivity index is 1.96. The van der Waals surface area contributed by atoms with Gasteiger partial charge in [-0.05, 0) is 38.1 Å². The molecule has 2 fully saturated rings. The SMILES string of the molecule is BrC1CCC2CCNC2C1. The molecule has 0 aromatic heterocycles. The summed E-state index contributed by atoms with van der Waals surface area (Å²) in [6.45, 7) is 1.26. The van der Waals surface area contributed by atoms with Crippen LogP contribution in [0.15, 0.2) is 0 Å². The van der Waals surface area contributed by atoms with E-state index in [1.54, 1.807) is 0 Å². The lowest BCUT2D eigenvalue weighted by atomic mass is 9.85. The van der Waals surface area contributed by atoms with Crippen LogP contribution in [0, 0.1) is 5.92 Å². The number of fused-ring (bicyclic) bond motifs is 1. The second-order valence-electron chi connectivity index (χ2n) is 3.52. The van der Waals surface area contributed by atoms with Crippen LogP contribution in [0.1, 0.15) is 25.7 Å². The number of rotatable bonds is 0. The summed E-state index contributed by atoms with van der Waals surface area (Å²) in [5.74, 6) is 1.01. The zero-order valence-electron chi connectivity index (χ0n) is 6.15. The topological polar surface area (TPSA) is 12.0 Å². The largest absolute Gasteiger partial charge is 0.314 e. The van der Waals surface area contributed by atoms with Crippen molar-refractivity contribution in [2.24, 2.45) is 5.92 Å². The molecule has 0 radical (unpaired) electrons. The van der Waals surface area contributed by atoms with Crippen molar-refractivity contribution in [1.29, 1.82) is 0 Å². The van der Waals surface area contributed by atoms with Crippen LogP contribution in [0.4, 0.5) is 0 Å². The fourth-order valence-corrected chi connectivity index (χ4v) is 2.90. The molecule has 0 aromatic rings. The minimum Gasteiger partial charge on any atom is -0.314 e. The molecule has 1 aliphatic carbocycles. The molecule has 1 saturated carbocycles. The molecule has 0 aromatic carbocycles. The van der Waals surface area contributed by atoms with E-state index < -0.39 is 0 Å². The fourth-order valence-electron chi connectivity index (χ4n) is 2.23. The quantitative estimate of drug-likeness (QED) is 0.594. The maximum Gasteiger partial charge on any atom is 0.0160 e. The minimum absolute atomic E-state index is 0.791. The lowest BCUT2D eigenvalue weighted by molar-refractivity contribution is 0.335. The Morgan fingerprint density at radius 3 is 3.00 bits per heavy atom. The molecule has 58 valence electrons. The van der Waals surface area contributed by atoms with E-state index in [0.29, 0.717) is 0 Å². The smallest absolute Gasteiger partial charge is 0.0160 e. The molecule has 1 heterocycles. The van der Waals surface area contributed by atoms with Gasteiger partial charge < -0.3 is 5.32 Å². The van der Waals surface area contributed by atoms with Gasteiger partial charge >= 0.3 is 0 Å². The molecule has 2 aliphatic rings. The van der Waals surface area contributed by atoms with Crippen molar-refractivity contribution in [3.63, 3.8) is 0 Å². The highest BCUT2D eigenvalue weighted by Gasteiger charge is 2.32. The van der Waals surface area contributed by atoms with E-state index in [2.05, 4.69) is 21.2 Å². The molecule has 0 bridgehead atoms. The predicted octanol–water partition coefficient (Wildman–Crippen LogP) is 1.91. The van der Waals surface area contributed by atoms with Gasteiger partial charge in [-0.2, -0.15) is 0 Å². The van der Waals surface area contributed by atoms with Crippen LogP contribution in [0.5, 0.6) is 0 Å². The van der Waals surface area contributed by atoms with E-state index in [0.717, 1.165) is 16.8 Å². The third kappa shape index (κ3) is 1.24. The number of alkyl halides is 1. The number of hydrogen-bond donors (Lipinski definition) is 1. The molecule has 1 N–H and O–H groups in total. The van der Waals surface area contributed by atoms with Crippen molar-refractivity contribution in [2.75, 3.05) is 6.54 Å². The standard InChI is InChI=1S/C8H14BrN/c9-7-2-1-6-3-4-10-8(6)5-7/h6-8,10H,1-5H2. The van der Waals surface area contributed by atoms with Crippen LogP contribution in [0.25, 0.3) is 0 Å². The monoisotopic (exact) mass is 203 g/mol. The first kappa shape index (κ1) is 7.11. The average Bonchev–Trinajstić information content (AvgIpc) is 2.33. The molecule has 2 heteroatoms. The molecule has 1 saturated heterocycles. The van der Waals surface area contributed by atoms with E-state index in [4.69, 9.17) is 0 Å². The Hall–Kier alpha value is 0.440. The molecular weight excluding hydrogens is 190 g/mol. The molecule has 3 atom stereocenters. The van der Waals surface area contributed by atoms with Gasteiger partial charge in [0.25, 0.3) is 0 Å². The Bertz CT molecular complexity index is 126. The van der Waals surface area contributed by atoms with Gasteiger partial charge in [-0.25, -0.2) is 0 Å². The first-order chi connectivity index (χ1) is 4.86. The summed E-state index contributed by atoms with van der Waals surface area (Å²) in [4.78, 5) is 0.791. The zero-order chi connectivity index (χ0) is 6.97. The molecule has 1 nitrogen and oxygen atoms in total. The lowest BCUT2D eigenvalue weighted by Gasteiger charge is -2.28. The van der Waals surface area contributed by atoms with Crippen LogP contribution in [0.3, 0.4) is 0 Å². The van der Waals surface area contributed by atoms with Crippen LogP contribution < -0.4 is 5.32 Å². The van der Waals surface area contributed by atoms with Gasteiger partial charge in [0.15, 0.2) is 0 Å². The molecule has 2 rings (SSSR count).